The van der Waals surface area contributed by atoms with Crippen molar-refractivity contribution in [2.75, 3.05) is 0 Å². The highest BCUT2D eigenvalue weighted by atomic mass is 16.4. The quantitative estimate of drug-likeness (QED) is 0.666. The number of aliphatic carboxylic acids is 1. The molecule has 3 nitrogen and oxygen atoms in total. The van der Waals surface area contributed by atoms with Crippen LogP contribution in [-0.4, -0.2) is 11.1 Å². The van der Waals surface area contributed by atoms with E-state index in [-0.39, 0.29) is 6.42 Å². The Morgan fingerprint density at radius 3 is 2.64 bits per heavy atom. The molecule has 0 saturated heterocycles. The van der Waals surface area contributed by atoms with Crippen molar-refractivity contribution in [1.29, 1.82) is 5.26 Å². The molecule has 1 N–H and O–H groups in total. The molecule has 1 fully saturated rings. The van der Waals surface area contributed by atoms with Gasteiger partial charge in [-0.05, 0) is 25.7 Å². The van der Waals surface area contributed by atoms with Crippen LogP contribution in [0.15, 0.2) is 0 Å². The number of carboxylic acid groups (broad SMARTS) is 1. The van der Waals surface area contributed by atoms with Crippen molar-refractivity contribution in [1.82, 2.24) is 0 Å². The zero-order valence-electron chi connectivity index (χ0n) is 6.50. The van der Waals surface area contributed by atoms with E-state index in [1.807, 2.05) is 0 Å². The minimum atomic E-state index is -0.874. The lowest BCUT2D eigenvalue weighted by atomic mass is 9.83. The summed E-state index contributed by atoms with van der Waals surface area (Å²) < 4.78 is 0. The lowest BCUT2D eigenvalue weighted by Crippen LogP contribution is -2.20. The average molecular weight is 153 g/mol. The average Bonchev–Trinajstić information content (AvgIpc) is 2.66. The predicted octanol–water partition coefficient (Wildman–Crippen LogP) is 1.40. The van der Waals surface area contributed by atoms with Crippen LogP contribution in [0.2, 0.25) is 0 Å². The summed E-state index contributed by atoms with van der Waals surface area (Å²) in [7, 11) is 0. The van der Waals surface area contributed by atoms with Gasteiger partial charge in [0.25, 0.3) is 0 Å². The fourth-order valence-electron chi connectivity index (χ4n) is 1.31. The van der Waals surface area contributed by atoms with Crippen molar-refractivity contribution in [3.05, 3.63) is 0 Å². The standard InChI is InChI=1S/C8H11NO2/c1-8(5-9,4-7(10)11)6-2-3-6/h6H,2-4H2,1H3,(H,10,11). The highest BCUT2D eigenvalue weighted by Crippen LogP contribution is 2.47. The first-order valence-electron chi connectivity index (χ1n) is 3.71. The number of hydrogen-bond donors (Lipinski definition) is 1. The van der Waals surface area contributed by atoms with Gasteiger partial charge in [0.05, 0.1) is 17.9 Å². The lowest BCUT2D eigenvalue weighted by molar-refractivity contribution is -0.139. The van der Waals surface area contributed by atoms with Crippen LogP contribution < -0.4 is 0 Å². The summed E-state index contributed by atoms with van der Waals surface area (Å²) in [5, 5.41) is 17.2. The number of hydrogen-bond acceptors (Lipinski definition) is 2. The molecule has 0 aliphatic heterocycles. The summed E-state index contributed by atoms with van der Waals surface area (Å²) >= 11 is 0. The van der Waals surface area contributed by atoms with E-state index < -0.39 is 11.4 Å². The van der Waals surface area contributed by atoms with E-state index in [1.54, 1.807) is 6.92 Å². The van der Waals surface area contributed by atoms with Crippen LogP contribution in [0, 0.1) is 22.7 Å². The van der Waals surface area contributed by atoms with Gasteiger partial charge in [0.2, 0.25) is 0 Å². The van der Waals surface area contributed by atoms with Gasteiger partial charge in [-0.25, -0.2) is 0 Å². The maximum Gasteiger partial charge on any atom is 0.304 e. The zero-order chi connectivity index (χ0) is 8.48. The Labute approximate surface area is 65.6 Å². The van der Waals surface area contributed by atoms with E-state index in [1.165, 1.54) is 0 Å². The summed E-state index contributed by atoms with van der Waals surface area (Å²) in [5.41, 5.74) is -0.619. The minimum Gasteiger partial charge on any atom is -0.481 e. The molecule has 1 aliphatic carbocycles. The lowest BCUT2D eigenvalue weighted by Gasteiger charge is -2.17. The second-order valence-electron chi connectivity index (χ2n) is 3.37. The van der Waals surface area contributed by atoms with Gasteiger partial charge in [0.1, 0.15) is 0 Å². The van der Waals surface area contributed by atoms with E-state index >= 15 is 0 Å². The summed E-state index contributed by atoms with van der Waals surface area (Å²) in [6.07, 6.45) is 2.00. The SMILES string of the molecule is CC(C#N)(CC(=O)O)C1CC1. The molecular formula is C8H11NO2. The first-order valence-corrected chi connectivity index (χ1v) is 3.71. The van der Waals surface area contributed by atoms with Crippen molar-refractivity contribution < 1.29 is 9.90 Å². The van der Waals surface area contributed by atoms with Crippen molar-refractivity contribution in [2.45, 2.75) is 26.2 Å². The molecular weight excluding hydrogens is 142 g/mol. The van der Waals surface area contributed by atoms with Crippen LogP contribution in [0.1, 0.15) is 26.2 Å². The Balaban J connectivity index is 2.60. The van der Waals surface area contributed by atoms with Gasteiger partial charge in [0.15, 0.2) is 0 Å². The summed E-state index contributed by atoms with van der Waals surface area (Å²) in [6, 6.07) is 2.09. The summed E-state index contributed by atoms with van der Waals surface area (Å²) in [5.74, 6) is -0.551. The van der Waals surface area contributed by atoms with Gasteiger partial charge in [-0.1, -0.05) is 0 Å². The van der Waals surface area contributed by atoms with Crippen LogP contribution in [0.25, 0.3) is 0 Å². The van der Waals surface area contributed by atoms with E-state index in [0.717, 1.165) is 12.8 Å². The molecule has 0 amide bonds. The first-order chi connectivity index (χ1) is 5.08. The van der Waals surface area contributed by atoms with Gasteiger partial charge in [0, 0.05) is 0 Å². The number of nitriles is 1. The smallest absolute Gasteiger partial charge is 0.304 e. The molecule has 1 unspecified atom stereocenters. The first kappa shape index (κ1) is 8.06. The molecule has 1 atom stereocenters. The largest absolute Gasteiger partial charge is 0.481 e. The maximum atomic E-state index is 10.4. The predicted molar refractivity (Wildman–Crippen MR) is 38.7 cm³/mol. The number of carbonyl (C=O) groups is 1. The fraction of sp³-hybridized carbons (Fsp3) is 0.750. The second-order valence-corrected chi connectivity index (χ2v) is 3.37. The van der Waals surface area contributed by atoms with Crippen LogP contribution in [-0.2, 0) is 4.79 Å². The van der Waals surface area contributed by atoms with Gasteiger partial charge in [-0.3, -0.25) is 4.79 Å². The van der Waals surface area contributed by atoms with Crippen molar-refractivity contribution in [3.8, 4) is 6.07 Å². The number of carboxylic acids is 1. The van der Waals surface area contributed by atoms with E-state index in [0.29, 0.717) is 5.92 Å². The van der Waals surface area contributed by atoms with Gasteiger partial charge in [-0.15, -0.1) is 0 Å². The van der Waals surface area contributed by atoms with Crippen molar-refractivity contribution in [3.63, 3.8) is 0 Å². The third-order valence-corrected chi connectivity index (χ3v) is 2.25. The molecule has 0 spiro atoms. The molecule has 0 heterocycles. The Morgan fingerprint density at radius 2 is 2.36 bits per heavy atom. The van der Waals surface area contributed by atoms with Crippen LogP contribution in [0.3, 0.4) is 0 Å². The Kier molecular flexibility index (Phi) is 1.86. The Hall–Kier alpha value is -1.04. The van der Waals surface area contributed by atoms with E-state index in [4.69, 9.17) is 10.4 Å². The molecule has 1 rings (SSSR count). The normalized spacial score (nSPS) is 21.8. The zero-order valence-corrected chi connectivity index (χ0v) is 6.50. The van der Waals surface area contributed by atoms with Crippen LogP contribution in [0.5, 0.6) is 0 Å². The van der Waals surface area contributed by atoms with Crippen LogP contribution >= 0.6 is 0 Å². The monoisotopic (exact) mass is 153 g/mol. The van der Waals surface area contributed by atoms with Gasteiger partial charge in [-0.2, -0.15) is 5.26 Å². The maximum absolute atomic E-state index is 10.4. The fourth-order valence-corrected chi connectivity index (χ4v) is 1.31. The van der Waals surface area contributed by atoms with Crippen molar-refractivity contribution in [2.24, 2.45) is 11.3 Å². The number of nitrogens with zero attached hydrogens (tertiary/aromatic N) is 1. The highest BCUT2D eigenvalue weighted by molar-refractivity contribution is 5.68. The number of rotatable bonds is 3. The summed E-state index contributed by atoms with van der Waals surface area (Å²) in [4.78, 5) is 10.4. The topological polar surface area (TPSA) is 61.1 Å². The molecule has 0 aromatic rings. The molecule has 0 bridgehead atoms. The second kappa shape index (κ2) is 2.54. The Bertz CT molecular complexity index is 215. The third-order valence-electron chi connectivity index (χ3n) is 2.25. The molecule has 0 radical (unpaired) electrons. The Morgan fingerprint density at radius 1 is 1.82 bits per heavy atom. The molecule has 0 aromatic carbocycles. The van der Waals surface area contributed by atoms with Gasteiger partial charge >= 0.3 is 5.97 Å². The minimum absolute atomic E-state index is 0.0197. The van der Waals surface area contributed by atoms with E-state index in [2.05, 4.69) is 6.07 Å². The molecule has 11 heavy (non-hydrogen) atoms. The third kappa shape index (κ3) is 1.70. The molecule has 1 saturated carbocycles. The highest BCUT2D eigenvalue weighted by Gasteiger charge is 2.43. The van der Waals surface area contributed by atoms with Crippen LogP contribution in [0.4, 0.5) is 0 Å². The molecule has 60 valence electrons. The van der Waals surface area contributed by atoms with Gasteiger partial charge < -0.3 is 5.11 Å². The molecule has 3 heteroatoms. The molecule has 1 aliphatic rings. The van der Waals surface area contributed by atoms with E-state index in [9.17, 15) is 4.79 Å². The molecule has 0 aromatic heterocycles. The van der Waals surface area contributed by atoms with Crippen molar-refractivity contribution >= 4 is 5.97 Å². The summed E-state index contributed by atoms with van der Waals surface area (Å²) in [6.45, 7) is 1.73.